The Kier molecular flexibility index (Phi) is 6.83. The summed E-state index contributed by atoms with van der Waals surface area (Å²) < 4.78 is 0. The molecule has 20 heavy (non-hydrogen) atoms. The lowest BCUT2D eigenvalue weighted by molar-refractivity contribution is 0.123. The number of aliphatic hydroxyl groups is 1. The van der Waals surface area contributed by atoms with Crippen LogP contribution >= 0.6 is 0 Å². The Morgan fingerprint density at radius 3 is 2.25 bits per heavy atom. The Hall–Kier alpha value is -0.0800. The molecule has 3 unspecified atom stereocenters. The van der Waals surface area contributed by atoms with Gasteiger partial charge < -0.3 is 10.4 Å². The van der Waals surface area contributed by atoms with Crippen LogP contribution in [0.15, 0.2) is 0 Å². The first-order chi connectivity index (χ1) is 9.70. The molecule has 0 aromatic rings. The summed E-state index contributed by atoms with van der Waals surface area (Å²) in [6.07, 6.45) is 13.9. The van der Waals surface area contributed by atoms with E-state index in [9.17, 15) is 5.11 Å². The Morgan fingerprint density at radius 2 is 1.60 bits per heavy atom. The zero-order chi connectivity index (χ0) is 14.4. The summed E-state index contributed by atoms with van der Waals surface area (Å²) in [6, 6.07) is 0.979. The molecule has 118 valence electrons. The van der Waals surface area contributed by atoms with Crippen molar-refractivity contribution in [2.75, 3.05) is 6.61 Å². The van der Waals surface area contributed by atoms with Crippen LogP contribution in [-0.2, 0) is 0 Å². The van der Waals surface area contributed by atoms with Gasteiger partial charge in [0.05, 0.1) is 6.61 Å². The van der Waals surface area contributed by atoms with Crippen LogP contribution in [0.1, 0.15) is 78.1 Å². The third kappa shape index (κ3) is 4.73. The fraction of sp³-hybridized carbons (Fsp3) is 1.00. The topological polar surface area (TPSA) is 32.3 Å². The van der Waals surface area contributed by atoms with Crippen molar-refractivity contribution in [3.05, 3.63) is 0 Å². The molecule has 2 saturated carbocycles. The summed E-state index contributed by atoms with van der Waals surface area (Å²) in [6.45, 7) is 4.81. The second-order valence-electron chi connectivity index (χ2n) is 7.63. The summed E-state index contributed by atoms with van der Waals surface area (Å²) in [5.41, 5.74) is 0. The van der Waals surface area contributed by atoms with E-state index in [1.165, 1.54) is 57.8 Å². The van der Waals surface area contributed by atoms with Crippen molar-refractivity contribution in [1.82, 2.24) is 5.32 Å². The minimum absolute atomic E-state index is 0.298. The standard InChI is InChI=1S/C18H35NO/c1-14(2)12-16(13-20)19-18-11-7-6-10-17(18)15-8-4-3-5-9-15/h14-20H,3-13H2,1-2H3. The molecular weight excluding hydrogens is 246 g/mol. The minimum Gasteiger partial charge on any atom is -0.395 e. The van der Waals surface area contributed by atoms with E-state index in [4.69, 9.17) is 0 Å². The van der Waals surface area contributed by atoms with E-state index in [1.807, 2.05) is 0 Å². The van der Waals surface area contributed by atoms with E-state index in [-0.39, 0.29) is 0 Å². The van der Waals surface area contributed by atoms with Crippen LogP contribution in [-0.4, -0.2) is 23.8 Å². The number of nitrogens with one attached hydrogen (secondary N) is 1. The van der Waals surface area contributed by atoms with Gasteiger partial charge >= 0.3 is 0 Å². The van der Waals surface area contributed by atoms with Crippen LogP contribution in [0.3, 0.4) is 0 Å². The average molecular weight is 281 g/mol. The first-order valence-corrected chi connectivity index (χ1v) is 9.07. The molecule has 3 atom stereocenters. The van der Waals surface area contributed by atoms with E-state index in [2.05, 4.69) is 19.2 Å². The second kappa shape index (κ2) is 8.38. The van der Waals surface area contributed by atoms with Crippen molar-refractivity contribution in [2.24, 2.45) is 17.8 Å². The van der Waals surface area contributed by atoms with Gasteiger partial charge in [-0.2, -0.15) is 0 Å². The molecular formula is C18H35NO. The SMILES string of the molecule is CC(C)CC(CO)NC1CCCCC1C1CCCCC1. The zero-order valence-electron chi connectivity index (χ0n) is 13.6. The fourth-order valence-electron chi connectivity index (χ4n) is 4.56. The maximum atomic E-state index is 9.64. The molecule has 0 aliphatic heterocycles. The van der Waals surface area contributed by atoms with Gasteiger partial charge in [0.25, 0.3) is 0 Å². The summed E-state index contributed by atoms with van der Waals surface area (Å²) in [4.78, 5) is 0. The van der Waals surface area contributed by atoms with Gasteiger partial charge in [-0.3, -0.25) is 0 Å². The van der Waals surface area contributed by atoms with Crippen LogP contribution in [0.2, 0.25) is 0 Å². The van der Waals surface area contributed by atoms with Crippen molar-refractivity contribution in [1.29, 1.82) is 0 Å². The third-order valence-corrected chi connectivity index (χ3v) is 5.50. The lowest BCUT2D eigenvalue weighted by Gasteiger charge is -2.41. The first-order valence-electron chi connectivity index (χ1n) is 9.07. The van der Waals surface area contributed by atoms with E-state index in [0.717, 1.165) is 18.3 Å². The van der Waals surface area contributed by atoms with E-state index < -0.39 is 0 Å². The smallest absolute Gasteiger partial charge is 0.0584 e. The number of aliphatic hydroxyl groups excluding tert-OH is 1. The van der Waals surface area contributed by atoms with Gasteiger partial charge in [0.15, 0.2) is 0 Å². The van der Waals surface area contributed by atoms with Crippen molar-refractivity contribution in [3.8, 4) is 0 Å². The molecule has 2 aliphatic carbocycles. The molecule has 0 heterocycles. The second-order valence-corrected chi connectivity index (χ2v) is 7.63. The van der Waals surface area contributed by atoms with Crippen LogP contribution < -0.4 is 5.32 Å². The van der Waals surface area contributed by atoms with E-state index >= 15 is 0 Å². The highest BCUT2D eigenvalue weighted by molar-refractivity contribution is 4.88. The molecule has 2 aliphatic rings. The molecule has 2 N–H and O–H groups in total. The third-order valence-electron chi connectivity index (χ3n) is 5.50. The van der Waals surface area contributed by atoms with Crippen LogP contribution in [0, 0.1) is 17.8 Å². The molecule has 0 amide bonds. The van der Waals surface area contributed by atoms with Crippen molar-refractivity contribution < 1.29 is 5.11 Å². The van der Waals surface area contributed by atoms with Gasteiger partial charge in [0.2, 0.25) is 0 Å². The Morgan fingerprint density at radius 1 is 0.950 bits per heavy atom. The van der Waals surface area contributed by atoms with Gasteiger partial charge in [-0.1, -0.05) is 58.8 Å². The van der Waals surface area contributed by atoms with Gasteiger partial charge in [0.1, 0.15) is 0 Å². The lowest BCUT2D eigenvalue weighted by atomic mass is 9.70. The quantitative estimate of drug-likeness (QED) is 0.767. The van der Waals surface area contributed by atoms with Gasteiger partial charge in [0, 0.05) is 12.1 Å². The largest absolute Gasteiger partial charge is 0.395 e. The normalized spacial score (nSPS) is 30.6. The number of hydrogen-bond acceptors (Lipinski definition) is 2. The minimum atomic E-state index is 0.298. The van der Waals surface area contributed by atoms with Crippen molar-refractivity contribution in [2.45, 2.75) is 90.1 Å². The Balaban J connectivity index is 1.91. The summed E-state index contributed by atoms with van der Waals surface area (Å²) >= 11 is 0. The maximum absolute atomic E-state index is 9.64. The lowest BCUT2D eigenvalue weighted by Crippen LogP contribution is -2.48. The molecule has 0 spiro atoms. The number of rotatable bonds is 6. The Bertz CT molecular complexity index is 260. The fourth-order valence-corrected chi connectivity index (χ4v) is 4.56. The van der Waals surface area contributed by atoms with Gasteiger partial charge in [-0.15, -0.1) is 0 Å². The van der Waals surface area contributed by atoms with E-state index in [0.29, 0.717) is 24.6 Å². The molecule has 2 heteroatoms. The van der Waals surface area contributed by atoms with Crippen LogP contribution in [0.4, 0.5) is 0 Å². The molecule has 0 saturated heterocycles. The van der Waals surface area contributed by atoms with Crippen molar-refractivity contribution >= 4 is 0 Å². The highest BCUT2D eigenvalue weighted by atomic mass is 16.3. The van der Waals surface area contributed by atoms with Crippen LogP contribution in [0.25, 0.3) is 0 Å². The molecule has 0 radical (unpaired) electrons. The maximum Gasteiger partial charge on any atom is 0.0584 e. The van der Waals surface area contributed by atoms with Gasteiger partial charge in [-0.25, -0.2) is 0 Å². The molecule has 2 rings (SSSR count). The molecule has 0 aromatic heterocycles. The summed E-state index contributed by atoms with van der Waals surface area (Å²) in [5, 5.41) is 13.5. The average Bonchev–Trinajstić information content (AvgIpc) is 2.47. The number of hydrogen-bond donors (Lipinski definition) is 2. The predicted octanol–water partition coefficient (Wildman–Crippen LogP) is 4.12. The zero-order valence-corrected chi connectivity index (χ0v) is 13.6. The summed E-state index contributed by atoms with van der Waals surface area (Å²) in [5.74, 6) is 2.50. The highest BCUT2D eigenvalue weighted by Gasteiger charge is 2.33. The Labute approximate surface area is 125 Å². The summed E-state index contributed by atoms with van der Waals surface area (Å²) in [7, 11) is 0. The highest BCUT2D eigenvalue weighted by Crippen LogP contribution is 2.38. The van der Waals surface area contributed by atoms with Gasteiger partial charge in [-0.05, 0) is 37.0 Å². The predicted molar refractivity (Wildman–Crippen MR) is 85.8 cm³/mol. The van der Waals surface area contributed by atoms with Crippen LogP contribution in [0.5, 0.6) is 0 Å². The molecule has 0 aromatic carbocycles. The molecule has 2 nitrogen and oxygen atoms in total. The molecule has 2 fully saturated rings. The first kappa shape index (κ1) is 16.3. The van der Waals surface area contributed by atoms with Crippen molar-refractivity contribution in [3.63, 3.8) is 0 Å². The monoisotopic (exact) mass is 281 g/mol. The van der Waals surface area contributed by atoms with E-state index in [1.54, 1.807) is 0 Å². The molecule has 0 bridgehead atoms.